The Morgan fingerprint density at radius 3 is 2.47 bits per heavy atom. The van der Waals surface area contributed by atoms with Gasteiger partial charge in [0, 0.05) is 32.5 Å². The molecule has 0 aliphatic heterocycles. The zero-order valence-electron chi connectivity index (χ0n) is 16.8. The molecule has 6 heteroatoms. The summed E-state index contributed by atoms with van der Waals surface area (Å²) in [5.41, 5.74) is 2.28. The number of esters is 1. The maximum Gasteiger partial charge on any atom is 0.340 e. The molecule has 1 N–H and O–H groups in total. The van der Waals surface area contributed by atoms with E-state index < -0.39 is 0 Å². The minimum atomic E-state index is -0.337. The monoisotopic (exact) mass is 439 g/mol. The highest BCUT2D eigenvalue weighted by molar-refractivity contribution is 7.98. The molecule has 0 atom stereocenters. The van der Waals surface area contributed by atoms with Gasteiger partial charge in [0.2, 0.25) is 0 Å². The molecule has 1 heterocycles. The zero-order valence-corrected chi connectivity index (χ0v) is 18.4. The Labute approximate surface area is 184 Å². The van der Waals surface area contributed by atoms with Crippen molar-refractivity contribution in [1.82, 2.24) is 4.98 Å². The molecule has 0 aliphatic rings. The summed E-state index contributed by atoms with van der Waals surface area (Å²) >= 11 is 7.90. The fraction of sp³-hybridized carbons (Fsp3) is 0.208. The fourth-order valence-corrected chi connectivity index (χ4v) is 4.78. The highest BCUT2D eigenvalue weighted by Gasteiger charge is 2.22. The van der Waals surface area contributed by atoms with Gasteiger partial charge >= 0.3 is 5.97 Å². The van der Waals surface area contributed by atoms with Crippen LogP contribution >= 0.6 is 23.4 Å². The molecule has 3 aromatic carbocycles. The van der Waals surface area contributed by atoms with Gasteiger partial charge in [0.1, 0.15) is 5.75 Å². The van der Waals surface area contributed by atoms with E-state index in [0.29, 0.717) is 29.6 Å². The summed E-state index contributed by atoms with van der Waals surface area (Å²) in [5.74, 6) is 0.983. The fourth-order valence-electron chi connectivity index (χ4n) is 3.58. The van der Waals surface area contributed by atoms with Crippen LogP contribution in [0.15, 0.2) is 59.5 Å². The summed E-state index contributed by atoms with van der Waals surface area (Å²) in [6, 6.07) is 17.7. The topological polar surface area (TPSA) is 51.3 Å². The molecule has 0 saturated heterocycles. The summed E-state index contributed by atoms with van der Waals surface area (Å²) in [6.07, 6.45) is 0. The molecule has 0 saturated carbocycles. The number of hydrogen-bond acceptors (Lipinski definition) is 4. The molecule has 0 aliphatic carbocycles. The van der Waals surface area contributed by atoms with Crippen molar-refractivity contribution in [2.75, 3.05) is 13.2 Å². The zero-order chi connectivity index (χ0) is 21.1. The first-order chi connectivity index (χ1) is 14.6. The number of benzene rings is 3. The third kappa shape index (κ3) is 3.87. The van der Waals surface area contributed by atoms with E-state index in [0.717, 1.165) is 38.0 Å². The molecular weight excluding hydrogens is 418 g/mol. The summed E-state index contributed by atoms with van der Waals surface area (Å²) < 4.78 is 11.3. The largest absolute Gasteiger partial charge is 0.493 e. The molecule has 154 valence electrons. The van der Waals surface area contributed by atoms with Gasteiger partial charge in [-0.1, -0.05) is 48.0 Å². The molecule has 0 amide bonds. The van der Waals surface area contributed by atoms with Gasteiger partial charge in [-0.05, 0) is 32.0 Å². The maximum absolute atomic E-state index is 12.9. The van der Waals surface area contributed by atoms with Crippen molar-refractivity contribution in [3.63, 3.8) is 0 Å². The second-order valence-corrected chi connectivity index (χ2v) is 8.12. The van der Waals surface area contributed by atoms with Crippen LogP contribution in [-0.4, -0.2) is 24.2 Å². The molecule has 4 aromatic rings. The van der Waals surface area contributed by atoms with Gasteiger partial charge in [-0.25, -0.2) is 4.79 Å². The van der Waals surface area contributed by atoms with E-state index >= 15 is 0 Å². The van der Waals surface area contributed by atoms with Crippen LogP contribution in [0.25, 0.3) is 21.7 Å². The SMILES string of the molecule is CCOC(=O)c1c(CSc2ccccc2Cl)[nH]c2c1cc(OCC)c1ccccc12. The van der Waals surface area contributed by atoms with Crippen LogP contribution in [-0.2, 0) is 10.5 Å². The molecule has 0 bridgehead atoms. The van der Waals surface area contributed by atoms with Crippen molar-refractivity contribution in [3.05, 3.63) is 70.9 Å². The highest BCUT2D eigenvalue weighted by Crippen LogP contribution is 2.38. The molecule has 4 rings (SSSR count). The smallest absolute Gasteiger partial charge is 0.340 e. The van der Waals surface area contributed by atoms with Gasteiger partial charge in [0.15, 0.2) is 0 Å². The Bertz CT molecular complexity index is 1220. The highest BCUT2D eigenvalue weighted by atomic mass is 35.5. The number of thioether (sulfide) groups is 1. The summed E-state index contributed by atoms with van der Waals surface area (Å²) in [5, 5.41) is 3.53. The van der Waals surface area contributed by atoms with Gasteiger partial charge in [-0.15, -0.1) is 11.8 Å². The van der Waals surface area contributed by atoms with Gasteiger partial charge in [-0.3, -0.25) is 0 Å². The summed E-state index contributed by atoms with van der Waals surface area (Å²) in [6.45, 7) is 4.62. The van der Waals surface area contributed by atoms with Gasteiger partial charge in [0.05, 0.1) is 29.3 Å². The molecule has 0 unspecified atom stereocenters. The molecule has 30 heavy (non-hydrogen) atoms. The second-order valence-electron chi connectivity index (χ2n) is 6.69. The summed E-state index contributed by atoms with van der Waals surface area (Å²) in [4.78, 5) is 17.4. The molecule has 1 aromatic heterocycles. The lowest BCUT2D eigenvalue weighted by Gasteiger charge is -2.09. The van der Waals surface area contributed by atoms with Crippen LogP contribution in [0, 0.1) is 0 Å². The van der Waals surface area contributed by atoms with Crippen molar-refractivity contribution < 1.29 is 14.3 Å². The van der Waals surface area contributed by atoms with Crippen molar-refractivity contribution in [3.8, 4) is 5.75 Å². The first-order valence-corrected chi connectivity index (χ1v) is 11.2. The van der Waals surface area contributed by atoms with Crippen molar-refractivity contribution in [1.29, 1.82) is 0 Å². The standard InChI is InChI=1S/C24H22ClNO3S/c1-3-28-20-13-17-22(24(27)29-4-2)19(14-30-21-12-8-7-11-18(21)25)26-23(17)16-10-6-5-9-15(16)20/h5-13,26H,3-4,14H2,1-2H3. The molecule has 0 radical (unpaired) electrons. The van der Waals surface area contributed by atoms with Crippen LogP contribution in [0.2, 0.25) is 5.02 Å². The quantitative estimate of drug-likeness (QED) is 0.253. The van der Waals surface area contributed by atoms with Gasteiger partial charge in [0.25, 0.3) is 0 Å². The second kappa shape index (κ2) is 9.02. The van der Waals surface area contributed by atoms with E-state index in [1.165, 1.54) is 0 Å². The average molecular weight is 440 g/mol. The Hall–Kier alpha value is -2.63. The Morgan fingerprint density at radius 1 is 1.00 bits per heavy atom. The normalized spacial score (nSPS) is 11.2. The molecule has 0 fully saturated rings. The number of aromatic nitrogens is 1. The van der Waals surface area contributed by atoms with E-state index in [1.807, 2.05) is 68.4 Å². The number of ether oxygens (including phenoxy) is 2. The minimum absolute atomic E-state index is 0.314. The maximum atomic E-state index is 12.9. The number of carbonyl (C=O) groups is 1. The number of rotatable bonds is 7. The third-order valence-electron chi connectivity index (χ3n) is 4.84. The van der Waals surface area contributed by atoms with Gasteiger partial charge < -0.3 is 14.5 Å². The van der Waals surface area contributed by atoms with E-state index in [4.69, 9.17) is 21.1 Å². The molecular formula is C24H22ClNO3S. The lowest BCUT2D eigenvalue weighted by molar-refractivity contribution is 0.0528. The van der Waals surface area contributed by atoms with Crippen molar-refractivity contribution in [2.24, 2.45) is 0 Å². The number of fused-ring (bicyclic) bond motifs is 3. The van der Waals surface area contributed by atoms with Gasteiger partial charge in [-0.2, -0.15) is 0 Å². The van der Waals surface area contributed by atoms with E-state index in [1.54, 1.807) is 11.8 Å². The van der Waals surface area contributed by atoms with E-state index in [-0.39, 0.29) is 5.97 Å². The van der Waals surface area contributed by atoms with E-state index in [9.17, 15) is 4.79 Å². The number of carbonyl (C=O) groups excluding carboxylic acids is 1. The first-order valence-electron chi connectivity index (χ1n) is 9.87. The number of aromatic amines is 1. The Balaban J connectivity index is 1.88. The van der Waals surface area contributed by atoms with Crippen molar-refractivity contribution >= 4 is 51.0 Å². The number of nitrogens with one attached hydrogen (secondary N) is 1. The van der Waals surface area contributed by atoms with Crippen LogP contribution in [0.1, 0.15) is 29.9 Å². The van der Waals surface area contributed by atoms with Crippen LogP contribution in [0.3, 0.4) is 0 Å². The lowest BCUT2D eigenvalue weighted by atomic mass is 10.0. The first kappa shape index (κ1) is 20.6. The molecule has 4 nitrogen and oxygen atoms in total. The predicted molar refractivity (Wildman–Crippen MR) is 124 cm³/mol. The number of H-pyrrole nitrogens is 1. The summed E-state index contributed by atoms with van der Waals surface area (Å²) in [7, 11) is 0. The average Bonchev–Trinajstić information content (AvgIpc) is 3.12. The third-order valence-corrected chi connectivity index (χ3v) is 6.38. The number of hydrogen-bond donors (Lipinski definition) is 1. The van der Waals surface area contributed by atoms with Crippen LogP contribution in [0.4, 0.5) is 0 Å². The van der Waals surface area contributed by atoms with E-state index in [2.05, 4.69) is 4.98 Å². The minimum Gasteiger partial charge on any atom is -0.493 e. The van der Waals surface area contributed by atoms with Crippen LogP contribution < -0.4 is 4.74 Å². The predicted octanol–water partition coefficient (Wildman–Crippen LogP) is 6.84. The Kier molecular flexibility index (Phi) is 6.21. The lowest BCUT2D eigenvalue weighted by Crippen LogP contribution is -2.06. The number of halogens is 1. The Morgan fingerprint density at radius 2 is 1.73 bits per heavy atom. The molecule has 0 spiro atoms. The van der Waals surface area contributed by atoms with Crippen molar-refractivity contribution in [2.45, 2.75) is 24.5 Å². The van der Waals surface area contributed by atoms with Crippen LogP contribution in [0.5, 0.6) is 5.75 Å².